The molecular weight excluding hydrogens is 508 g/mol. The summed E-state index contributed by atoms with van der Waals surface area (Å²) in [5.41, 5.74) is 2.13. The number of urea groups is 1. The molecule has 33 heavy (non-hydrogen) atoms. The Hall–Kier alpha value is -3.42. The molecule has 4 amide bonds. The summed E-state index contributed by atoms with van der Waals surface area (Å²) in [7, 11) is 0. The Morgan fingerprint density at radius 3 is 2.55 bits per heavy atom. The van der Waals surface area contributed by atoms with E-state index in [-0.39, 0.29) is 5.57 Å². The monoisotopic (exact) mass is 524 g/mol. The van der Waals surface area contributed by atoms with Gasteiger partial charge in [0.05, 0.1) is 5.69 Å². The predicted octanol–water partition coefficient (Wildman–Crippen LogP) is 5.66. The average Bonchev–Trinajstić information content (AvgIpc) is 2.79. The second-order valence-corrected chi connectivity index (χ2v) is 8.62. The minimum absolute atomic E-state index is 0.198. The van der Waals surface area contributed by atoms with E-state index in [1.807, 2.05) is 30.3 Å². The summed E-state index contributed by atoms with van der Waals surface area (Å²) in [6.07, 6.45) is 1.42. The Bertz CT molecular complexity index is 1290. The minimum atomic E-state index is -0.831. The molecule has 0 unspecified atom stereocenters. The minimum Gasteiger partial charge on any atom is -0.488 e. The van der Waals surface area contributed by atoms with Gasteiger partial charge in [-0.1, -0.05) is 63.9 Å². The van der Waals surface area contributed by atoms with E-state index in [2.05, 4.69) is 21.2 Å². The number of amides is 4. The van der Waals surface area contributed by atoms with Gasteiger partial charge in [-0.2, -0.15) is 0 Å². The van der Waals surface area contributed by atoms with E-state index in [1.54, 1.807) is 43.3 Å². The predicted molar refractivity (Wildman–Crippen MR) is 130 cm³/mol. The molecule has 0 bridgehead atoms. The fourth-order valence-electron chi connectivity index (χ4n) is 3.37. The quantitative estimate of drug-likeness (QED) is 0.345. The zero-order valence-electron chi connectivity index (χ0n) is 17.5. The number of nitrogens with zero attached hydrogens (tertiary/aromatic N) is 1. The Morgan fingerprint density at radius 1 is 1.03 bits per heavy atom. The van der Waals surface area contributed by atoms with Crippen LogP contribution in [0, 0.1) is 6.92 Å². The van der Waals surface area contributed by atoms with Crippen molar-refractivity contribution in [3.8, 4) is 5.75 Å². The Kier molecular flexibility index (Phi) is 6.62. The molecule has 1 N–H and O–H groups in total. The molecule has 8 heteroatoms. The van der Waals surface area contributed by atoms with Crippen molar-refractivity contribution in [1.29, 1.82) is 0 Å². The molecule has 1 aliphatic heterocycles. The third-order valence-corrected chi connectivity index (χ3v) is 5.99. The number of barbiturate groups is 1. The fourth-order valence-corrected chi connectivity index (χ4v) is 3.92. The summed E-state index contributed by atoms with van der Waals surface area (Å²) in [6, 6.07) is 19.0. The van der Waals surface area contributed by atoms with E-state index >= 15 is 0 Å². The smallest absolute Gasteiger partial charge is 0.335 e. The van der Waals surface area contributed by atoms with Gasteiger partial charge in [-0.15, -0.1) is 0 Å². The number of halogens is 2. The molecule has 3 aromatic carbocycles. The number of nitrogens with one attached hydrogen (secondary N) is 1. The Balaban J connectivity index is 1.71. The summed E-state index contributed by atoms with van der Waals surface area (Å²) in [4.78, 5) is 39.3. The van der Waals surface area contributed by atoms with Gasteiger partial charge in [0, 0.05) is 15.1 Å². The Morgan fingerprint density at radius 2 is 1.79 bits per heavy atom. The molecule has 0 radical (unpaired) electrons. The lowest BCUT2D eigenvalue weighted by Gasteiger charge is -2.27. The van der Waals surface area contributed by atoms with Gasteiger partial charge >= 0.3 is 6.03 Å². The molecule has 1 fully saturated rings. The molecule has 4 rings (SSSR count). The largest absolute Gasteiger partial charge is 0.488 e. The third-order valence-electron chi connectivity index (χ3n) is 5.09. The van der Waals surface area contributed by atoms with Gasteiger partial charge in [0.1, 0.15) is 17.9 Å². The average molecular weight is 526 g/mol. The maximum absolute atomic E-state index is 13.3. The number of imide groups is 2. The summed E-state index contributed by atoms with van der Waals surface area (Å²) in [6.45, 7) is 2.01. The zero-order valence-corrected chi connectivity index (χ0v) is 19.8. The number of hydrogen-bond acceptors (Lipinski definition) is 4. The highest BCUT2D eigenvalue weighted by Crippen LogP contribution is 2.31. The van der Waals surface area contributed by atoms with Crippen LogP contribution in [-0.4, -0.2) is 17.8 Å². The molecular formula is C25H18BrClN2O4. The van der Waals surface area contributed by atoms with Crippen LogP contribution in [0.3, 0.4) is 0 Å². The molecule has 0 aromatic heterocycles. The van der Waals surface area contributed by atoms with Crippen molar-refractivity contribution in [2.75, 3.05) is 4.90 Å². The molecule has 6 nitrogen and oxygen atoms in total. The lowest BCUT2D eigenvalue weighted by Crippen LogP contribution is -2.54. The maximum Gasteiger partial charge on any atom is 0.335 e. The molecule has 1 heterocycles. The van der Waals surface area contributed by atoms with Gasteiger partial charge in [0.25, 0.3) is 11.8 Å². The van der Waals surface area contributed by atoms with Crippen molar-refractivity contribution >= 4 is 57.1 Å². The number of rotatable bonds is 5. The van der Waals surface area contributed by atoms with E-state index in [0.29, 0.717) is 34.2 Å². The third kappa shape index (κ3) is 4.84. The van der Waals surface area contributed by atoms with Crippen molar-refractivity contribution in [2.24, 2.45) is 0 Å². The second-order valence-electron chi connectivity index (χ2n) is 7.30. The normalized spacial score (nSPS) is 15.1. The fraction of sp³-hybridized carbons (Fsp3) is 0.0800. The molecule has 3 aromatic rings. The first-order valence-corrected chi connectivity index (χ1v) is 11.1. The summed E-state index contributed by atoms with van der Waals surface area (Å²) >= 11 is 9.59. The molecule has 0 saturated carbocycles. The molecule has 1 aliphatic rings. The van der Waals surface area contributed by atoms with Crippen molar-refractivity contribution in [2.45, 2.75) is 13.5 Å². The first-order valence-electron chi connectivity index (χ1n) is 9.98. The van der Waals surface area contributed by atoms with Crippen LogP contribution in [0.5, 0.6) is 5.75 Å². The van der Waals surface area contributed by atoms with Crippen molar-refractivity contribution in [3.63, 3.8) is 0 Å². The van der Waals surface area contributed by atoms with Crippen LogP contribution in [-0.2, 0) is 16.2 Å². The molecule has 0 aliphatic carbocycles. The number of anilines is 1. The first-order chi connectivity index (χ1) is 15.8. The van der Waals surface area contributed by atoms with E-state index in [1.165, 1.54) is 6.08 Å². The van der Waals surface area contributed by atoms with Crippen LogP contribution in [0.4, 0.5) is 10.5 Å². The van der Waals surface area contributed by atoms with Gasteiger partial charge < -0.3 is 4.74 Å². The maximum atomic E-state index is 13.3. The van der Waals surface area contributed by atoms with Gasteiger partial charge in [0.2, 0.25) is 0 Å². The lowest BCUT2D eigenvalue weighted by molar-refractivity contribution is -0.122. The molecule has 166 valence electrons. The summed E-state index contributed by atoms with van der Waals surface area (Å²) < 4.78 is 6.69. The van der Waals surface area contributed by atoms with Gasteiger partial charge in [-0.25, -0.2) is 9.69 Å². The lowest BCUT2D eigenvalue weighted by atomic mass is 10.0. The van der Waals surface area contributed by atoms with Crippen LogP contribution in [0.15, 0.2) is 76.8 Å². The second kappa shape index (κ2) is 9.60. The highest BCUT2D eigenvalue weighted by Gasteiger charge is 2.37. The van der Waals surface area contributed by atoms with E-state index < -0.39 is 17.8 Å². The molecule has 1 saturated heterocycles. The summed E-state index contributed by atoms with van der Waals surface area (Å²) in [5.74, 6) is -1.05. The SMILES string of the molecule is Cc1c(Cl)cccc1N1C(=O)NC(=O)/C(=C\c2cc(Br)ccc2OCc2ccccc2)C1=O. The number of carbonyl (C=O) groups excluding carboxylic acids is 3. The topological polar surface area (TPSA) is 75.7 Å². The van der Waals surface area contributed by atoms with Gasteiger partial charge in [0.15, 0.2) is 0 Å². The Labute approximate surface area is 203 Å². The van der Waals surface area contributed by atoms with Crippen LogP contribution in [0.25, 0.3) is 6.08 Å². The standard InChI is InChI=1S/C25H18BrClN2O4/c1-15-20(27)8-5-9-21(15)29-24(31)19(23(30)28-25(29)32)13-17-12-18(26)10-11-22(17)33-14-16-6-3-2-4-7-16/h2-13H,14H2,1H3,(H,28,30,32)/b19-13+. The van der Waals surface area contributed by atoms with E-state index in [4.69, 9.17) is 16.3 Å². The number of ether oxygens (including phenoxy) is 1. The summed E-state index contributed by atoms with van der Waals surface area (Å²) in [5, 5.41) is 2.63. The van der Waals surface area contributed by atoms with Crippen molar-refractivity contribution in [3.05, 3.63) is 98.5 Å². The van der Waals surface area contributed by atoms with Crippen molar-refractivity contribution < 1.29 is 19.1 Å². The number of carbonyl (C=O) groups is 3. The molecule has 0 atom stereocenters. The van der Waals surface area contributed by atoms with E-state index in [0.717, 1.165) is 14.9 Å². The highest BCUT2D eigenvalue weighted by molar-refractivity contribution is 9.10. The van der Waals surface area contributed by atoms with Crippen LogP contribution >= 0.6 is 27.5 Å². The van der Waals surface area contributed by atoms with Gasteiger partial charge in [-0.05, 0) is 54.5 Å². The van der Waals surface area contributed by atoms with Crippen LogP contribution < -0.4 is 15.0 Å². The van der Waals surface area contributed by atoms with Crippen molar-refractivity contribution in [1.82, 2.24) is 5.32 Å². The highest BCUT2D eigenvalue weighted by atomic mass is 79.9. The van der Waals surface area contributed by atoms with E-state index in [9.17, 15) is 14.4 Å². The van der Waals surface area contributed by atoms with Crippen LogP contribution in [0.1, 0.15) is 16.7 Å². The number of hydrogen-bond donors (Lipinski definition) is 1. The van der Waals surface area contributed by atoms with Gasteiger partial charge in [-0.3, -0.25) is 14.9 Å². The van der Waals surface area contributed by atoms with Crippen LogP contribution in [0.2, 0.25) is 5.02 Å². The first kappa shape index (κ1) is 22.8. The zero-order chi connectivity index (χ0) is 23.5. The number of benzene rings is 3. The molecule has 0 spiro atoms.